The molecule has 0 aromatic heterocycles. The number of rotatable bonds is 6. The van der Waals surface area contributed by atoms with E-state index >= 15 is 0 Å². The predicted molar refractivity (Wildman–Crippen MR) is 78.9 cm³/mol. The van der Waals surface area contributed by atoms with Crippen molar-refractivity contribution in [3.8, 4) is 0 Å². The number of carbonyl (C=O) groups excluding carboxylic acids is 1. The van der Waals surface area contributed by atoms with Crippen LogP contribution in [0.2, 0.25) is 0 Å². The van der Waals surface area contributed by atoms with E-state index in [1.807, 2.05) is 13.0 Å². The van der Waals surface area contributed by atoms with Crippen LogP contribution in [-0.2, 0) is 9.53 Å². The summed E-state index contributed by atoms with van der Waals surface area (Å²) in [6.45, 7) is 3.65. The number of carboxylic acid groups (broad SMARTS) is 1. The molecule has 0 aliphatic carbocycles. The molecule has 20 heavy (non-hydrogen) atoms. The molecule has 0 aliphatic heterocycles. The summed E-state index contributed by atoms with van der Waals surface area (Å²) in [5.41, 5.74) is 0.447. The molecule has 1 amide bonds. The highest BCUT2D eigenvalue weighted by molar-refractivity contribution is 9.10. The van der Waals surface area contributed by atoms with Gasteiger partial charge in [-0.05, 0) is 41.4 Å². The molecule has 0 heterocycles. The maximum atomic E-state index is 12.3. The van der Waals surface area contributed by atoms with Crippen LogP contribution in [0.3, 0.4) is 0 Å². The molecule has 0 radical (unpaired) electrons. The van der Waals surface area contributed by atoms with Crippen LogP contribution >= 0.6 is 15.9 Å². The molecule has 1 unspecified atom stereocenters. The highest BCUT2D eigenvalue weighted by Crippen LogP contribution is 2.22. The number of halogens is 1. The molecule has 1 atom stereocenters. The van der Waals surface area contributed by atoms with Crippen molar-refractivity contribution in [1.29, 1.82) is 0 Å². The van der Waals surface area contributed by atoms with E-state index in [4.69, 9.17) is 9.84 Å². The first kappa shape index (κ1) is 16.7. The van der Waals surface area contributed by atoms with Gasteiger partial charge in [-0.2, -0.15) is 0 Å². The van der Waals surface area contributed by atoms with Crippen LogP contribution in [0.25, 0.3) is 0 Å². The Balaban J connectivity index is 2.96. The van der Waals surface area contributed by atoms with Gasteiger partial charge >= 0.3 is 5.97 Å². The first-order chi connectivity index (χ1) is 9.29. The van der Waals surface area contributed by atoms with Crippen molar-refractivity contribution < 1.29 is 19.4 Å². The molecule has 0 bridgehead atoms. The number of carboxylic acids is 1. The van der Waals surface area contributed by atoms with Crippen LogP contribution in [0.4, 0.5) is 0 Å². The molecule has 110 valence electrons. The van der Waals surface area contributed by atoms with Crippen molar-refractivity contribution in [2.75, 3.05) is 13.7 Å². The fraction of sp³-hybridized carbons (Fsp3) is 0.429. The summed E-state index contributed by atoms with van der Waals surface area (Å²) < 4.78 is 5.71. The molecule has 0 spiro atoms. The molecule has 0 saturated heterocycles. The minimum Gasteiger partial charge on any atom is -0.481 e. The summed E-state index contributed by atoms with van der Waals surface area (Å²) in [5.74, 6) is -1.32. The Hall–Kier alpha value is -1.40. The maximum absolute atomic E-state index is 12.3. The lowest BCUT2D eigenvalue weighted by molar-refractivity contribution is -0.139. The third-order valence-corrected chi connectivity index (χ3v) is 3.91. The standard InChI is InChI=1S/C14H18BrNO4/c1-9-5-4-6-10(12(9)15)13(19)16-14(2,8-20-3)7-11(17)18/h4-6H,7-8H2,1-3H3,(H,16,19)(H,17,18). The van der Waals surface area contributed by atoms with Gasteiger partial charge in [0.15, 0.2) is 0 Å². The number of benzene rings is 1. The van der Waals surface area contributed by atoms with Gasteiger partial charge in [0.25, 0.3) is 5.91 Å². The molecule has 1 aromatic rings. The molecule has 0 fully saturated rings. The monoisotopic (exact) mass is 343 g/mol. The number of hydrogen-bond donors (Lipinski definition) is 2. The summed E-state index contributed by atoms with van der Waals surface area (Å²) in [6, 6.07) is 5.34. The molecular formula is C14H18BrNO4. The van der Waals surface area contributed by atoms with Crippen molar-refractivity contribution in [3.63, 3.8) is 0 Å². The van der Waals surface area contributed by atoms with E-state index in [0.717, 1.165) is 5.56 Å². The normalized spacial score (nSPS) is 13.6. The van der Waals surface area contributed by atoms with Gasteiger partial charge in [0, 0.05) is 11.6 Å². The lowest BCUT2D eigenvalue weighted by Crippen LogP contribution is -2.50. The summed E-state index contributed by atoms with van der Waals surface area (Å²) in [5, 5.41) is 11.7. The molecule has 2 N–H and O–H groups in total. The zero-order valence-corrected chi connectivity index (χ0v) is 13.3. The lowest BCUT2D eigenvalue weighted by Gasteiger charge is -2.28. The van der Waals surface area contributed by atoms with Gasteiger partial charge in [-0.15, -0.1) is 0 Å². The second kappa shape index (κ2) is 6.85. The van der Waals surface area contributed by atoms with Crippen LogP contribution in [0.1, 0.15) is 29.3 Å². The maximum Gasteiger partial charge on any atom is 0.305 e. The highest BCUT2D eigenvalue weighted by Gasteiger charge is 2.30. The van der Waals surface area contributed by atoms with Gasteiger partial charge < -0.3 is 15.2 Å². The van der Waals surface area contributed by atoms with E-state index in [1.54, 1.807) is 19.1 Å². The van der Waals surface area contributed by atoms with E-state index in [0.29, 0.717) is 10.0 Å². The number of nitrogens with one attached hydrogen (secondary N) is 1. The number of aliphatic carboxylic acids is 1. The van der Waals surface area contributed by atoms with Crippen molar-refractivity contribution in [1.82, 2.24) is 5.32 Å². The van der Waals surface area contributed by atoms with Crippen molar-refractivity contribution in [2.45, 2.75) is 25.8 Å². The minimum absolute atomic E-state index is 0.120. The third-order valence-electron chi connectivity index (χ3n) is 2.86. The first-order valence-electron chi connectivity index (χ1n) is 6.07. The number of carbonyl (C=O) groups is 2. The molecule has 0 aliphatic rings. The van der Waals surface area contributed by atoms with E-state index < -0.39 is 11.5 Å². The largest absolute Gasteiger partial charge is 0.481 e. The van der Waals surface area contributed by atoms with Crippen LogP contribution < -0.4 is 5.32 Å². The average Bonchev–Trinajstić information content (AvgIpc) is 2.31. The van der Waals surface area contributed by atoms with Gasteiger partial charge in [-0.3, -0.25) is 9.59 Å². The summed E-state index contributed by atoms with van der Waals surface area (Å²) in [6.07, 6.45) is -0.212. The molecular weight excluding hydrogens is 326 g/mol. The van der Waals surface area contributed by atoms with Gasteiger partial charge in [-0.1, -0.05) is 12.1 Å². The van der Waals surface area contributed by atoms with Gasteiger partial charge in [0.05, 0.1) is 24.1 Å². The second-order valence-corrected chi connectivity index (χ2v) is 5.75. The number of aryl methyl sites for hydroxylation is 1. The SMILES string of the molecule is COCC(C)(CC(=O)O)NC(=O)c1cccc(C)c1Br. The molecule has 6 heteroatoms. The summed E-state index contributed by atoms with van der Waals surface area (Å²) in [4.78, 5) is 23.2. The van der Waals surface area contributed by atoms with Crippen molar-refractivity contribution in [3.05, 3.63) is 33.8 Å². The number of hydrogen-bond acceptors (Lipinski definition) is 3. The number of ether oxygens (including phenoxy) is 1. The van der Waals surface area contributed by atoms with Crippen molar-refractivity contribution in [2.24, 2.45) is 0 Å². The second-order valence-electron chi connectivity index (χ2n) is 4.95. The zero-order valence-electron chi connectivity index (χ0n) is 11.7. The van der Waals surface area contributed by atoms with E-state index in [9.17, 15) is 9.59 Å². The van der Waals surface area contributed by atoms with E-state index in [1.165, 1.54) is 7.11 Å². The van der Waals surface area contributed by atoms with Crippen LogP contribution in [0.5, 0.6) is 0 Å². The molecule has 1 aromatic carbocycles. The fourth-order valence-electron chi connectivity index (χ4n) is 1.95. The quantitative estimate of drug-likeness (QED) is 0.831. The smallest absolute Gasteiger partial charge is 0.305 e. The Labute approximate surface area is 126 Å². The van der Waals surface area contributed by atoms with Crippen LogP contribution in [0, 0.1) is 6.92 Å². The molecule has 1 rings (SSSR count). The van der Waals surface area contributed by atoms with Gasteiger partial charge in [-0.25, -0.2) is 0 Å². The van der Waals surface area contributed by atoms with Crippen LogP contribution in [-0.4, -0.2) is 36.2 Å². The predicted octanol–water partition coefficient (Wildman–Crippen LogP) is 2.37. The Bertz CT molecular complexity index is 518. The van der Waals surface area contributed by atoms with Crippen LogP contribution in [0.15, 0.2) is 22.7 Å². The van der Waals surface area contributed by atoms with Crippen molar-refractivity contribution >= 4 is 27.8 Å². The fourth-order valence-corrected chi connectivity index (χ4v) is 2.39. The topological polar surface area (TPSA) is 75.6 Å². The van der Waals surface area contributed by atoms with E-state index in [-0.39, 0.29) is 18.9 Å². The third kappa shape index (κ3) is 4.31. The lowest BCUT2D eigenvalue weighted by atomic mass is 9.98. The Kier molecular flexibility index (Phi) is 5.71. The van der Waals surface area contributed by atoms with Gasteiger partial charge in [0.2, 0.25) is 0 Å². The van der Waals surface area contributed by atoms with E-state index in [2.05, 4.69) is 21.2 Å². The Morgan fingerprint density at radius 2 is 2.10 bits per heavy atom. The first-order valence-corrected chi connectivity index (χ1v) is 6.87. The average molecular weight is 344 g/mol. The minimum atomic E-state index is -0.992. The Morgan fingerprint density at radius 3 is 2.65 bits per heavy atom. The number of methoxy groups -OCH3 is 1. The Morgan fingerprint density at radius 1 is 1.45 bits per heavy atom. The molecule has 0 saturated carbocycles. The summed E-state index contributed by atoms with van der Waals surface area (Å²) >= 11 is 3.37. The number of amides is 1. The zero-order chi connectivity index (χ0) is 15.3. The van der Waals surface area contributed by atoms with Gasteiger partial charge in [0.1, 0.15) is 0 Å². The summed E-state index contributed by atoms with van der Waals surface area (Å²) in [7, 11) is 1.47. The highest BCUT2D eigenvalue weighted by atomic mass is 79.9. The molecule has 5 nitrogen and oxygen atoms in total.